The third-order valence-electron chi connectivity index (χ3n) is 2.69. The van der Waals surface area contributed by atoms with Crippen molar-refractivity contribution in [3.05, 3.63) is 40.4 Å². The summed E-state index contributed by atoms with van der Waals surface area (Å²) >= 11 is 5.93. The van der Waals surface area contributed by atoms with Crippen LogP contribution in [-0.2, 0) is 6.42 Å². The maximum atomic E-state index is 12.0. The molecule has 0 bridgehead atoms. The molecule has 0 fully saturated rings. The van der Waals surface area contributed by atoms with Crippen LogP contribution in [0, 0.1) is 0 Å². The van der Waals surface area contributed by atoms with Crippen LogP contribution in [0.15, 0.2) is 18.2 Å². The van der Waals surface area contributed by atoms with Crippen molar-refractivity contribution in [3.8, 4) is 0 Å². The van der Waals surface area contributed by atoms with Gasteiger partial charge in [-0.15, -0.1) is 5.10 Å². The molecule has 21 heavy (non-hydrogen) atoms. The summed E-state index contributed by atoms with van der Waals surface area (Å²) in [6.07, 6.45) is 1.59. The average Bonchev–Trinajstić information content (AvgIpc) is 2.90. The van der Waals surface area contributed by atoms with Gasteiger partial charge in [0, 0.05) is 6.42 Å². The number of rotatable bonds is 5. The first kappa shape index (κ1) is 15.0. The van der Waals surface area contributed by atoms with Crippen LogP contribution in [0.4, 0.5) is 5.69 Å². The standard InChI is InChI=1S/C13H13ClN4O3/c1-2-3-10-16-11(18-17-10)12(19)15-9-5-4-7(13(20)21)6-8(9)14/h4-6H,2-3H2,1H3,(H,15,19)(H,20,21)(H,16,17,18). The molecule has 0 aliphatic heterocycles. The summed E-state index contributed by atoms with van der Waals surface area (Å²) in [6.45, 7) is 1.99. The monoisotopic (exact) mass is 308 g/mol. The molecule has 0 saturated carbocycles. The number of aromatic carboxylic acids is 1. The number of amides is 1. The average molecular weight is 309 g/mol. The van der Waals surface area contributed by atoms with Crippen LogP contribution in [0.2, 0.25) is 5.02 Å². The molecular weight excluding hydrogens is 296 g/mol. The maximum absolute atomic E-state index is 12.0. The molecule has 0 radical (unpaired) electrons. The number of benzene rings is 1. The highest BCUT2D eigenvalue weighted by molar-refractivity contribution is 6.34. The Bertz CT molecular complexity index is 684. The van der Waals surface area contributed by atoms with E-state index in [1.165, 1.54) is 18.2 Å². The number of carboxylic acid groups (broad SMARTS) is 1. The Balaban J connectivity index is 2.13. The number of nitrogens with one attached hydrogen (secondary N) is 2. The van der Waals surface area contributed by atoms with Gasteiger partial charge in [0.05, 0.1) is 16.3 Å². The number of nitrogens with zero attached hydrogens (tertiary/aromatic N) is 2. The molecular formula is C13H13ClN4O3. The van der Waals surface area contributed by atoms with Gasteiger partial charge in [0.25, 0.3) is 5.91 Å². The summed E-state index contributed by atoms with van der Waals surface area (Å²) in [5.41, 5.74) is 0.342. The van der Waals surface area contributed by atoms with Crippen LogP contribution in [-0.4, -0.2) is 32.2 Å². The lowest BCUT2D eigenvalue weighted by Crippen LogP contribution is -2.14. The fourth-order valence-electron chi connectivity index (χ4n) is 1.67. The lowest BCUT2D eigenvalue weighted by molar-refractivity contribution is 0.0696. The lowest BCUT2D eigenvalue weighted by atomic mass is 10.2. The molecule has 8 heteroatoms. The van der Waals surface area contributed by atoms with Crippen molar-refractivity contribution in [2.24, 2.45) is 0 Å². The van der Waals surface area contributed by atoms with Crippen molar-refractivity contribution >= 4 is 29.2 Å². The Morgan fingerprint density at radius 3 is 2.81 bits per heavy atom. The Kier molecular flexibility index (Phi) is 4.54. The van der Waals surface area contributed by atoms with Crippen LogP contribution in [0.5, 0.6) is 0 Å². The normalized spacial score (nSPS) is 10.4. The molecule has 3 N–H and O–H groups in total. The number of aryl methyl sites for hydroxylation is 1. The molecule has 0 atom stereocenters. The quantitative estimate of drug-likeness (QED) is 0.785. The number of carbonyl (C=O) groups excluding carboxylic acids is 1. The van der Waals surface area contributed by atoms with Crippen molar-refractivity contribution in [1.29, 1.82) is 0 Å². The van der Waals surface area contributed by atoms with E-state index in [1.54, 1.807) is 0 Å². The molecule has 0 aliphatic carbocycles. The predicted molar refractivity (Wildman–Crippen MR) is 76.7 cm³/mol. The Morgan fingerprint density at radius 1 is 1.43 bits per heavy atom. The minimum atomic E-state index is -1.09. The minimum absolute atomic E-state index is 0.0110. The van der Waals surface area contributed by atoms with Crippen LogP contribution in [0.25, 0.3) is 0 Å². The van der Waals surface area contributed by atoms with E-state index < -0.39 is 11.9 Å². The third kappa shape index (κ3) is 3.57. The second kappa shape index (κ2) is 6.36. The highest BCUT2D eigenvalue weighted by atomic mass is 35.5. The smallest absolute Gasteiger partial charge is 0.335 e. The zero-order chi connectivity index (χ0) is 15.4. The minimum Gasteiger partial charge on any atom is -0.478 e. The number of halogens is 1. The van der Waals surface area contributed by atoms with Crippen molar-refractivity contribution in [3.63, 3.8) is 0 Å². The molecule has 2 aromatic rings. The maximum Gasteiger partial charge on any atom is 0.335 e. The van der Waals surface area contributed by atoms with Crippen molar-refractivity contribution in [2.75, 3.05) is 5.32 Å². The Labute approximate surface area is 125 Å². The molecule has 0 spiro atoms. The molecule has 1 aromatic carbocycles. The van der Waals surface area contributed by atoms with Crippen molar-refractivity contribution in [2.45, 2.75) is 19.8 Å². The lowest BCUT2D eigenvalue weighted by Gasteiger charge is -2.05. The topological polar surface area (TPSA) is 108 Å². The molecule has 0 unspecified atom stereocenters. The van der Waals surface area contributed by atoms with Gasteiger partial charge in [-0.25, -0.2) is 9.78 Å². The second-order valence-corrected chi connectivity index (χ2v) is 4.72. The van der Waals surface area contributed by atoms with Gasteiger partial charge in [-0.05, 0) is 24.6 Å². The van der Waals surface area contributed by atoms with E-state index in [9.17, 15) is 9.59 Å². The van der Waals surface area contributed by atoms with E-state index in [2.05, 4.69) is 20.5 Å². The first-order chi connectivity index (χ1) is 10.0. The molecule has 1 amide bonds. The summed E-state index contributed by atoms with van der Waals surface area (Å²) in [6, 6.07) is 4.04. The van der Waals surface area contributed by atoms with Gasteiger partial charge in [0.15, 0.2) is 0 Å². The summed E-state index contributed by atoms with van der Waals surface area (Å²) in [4.78, 5) is 26.8. The van der Waals surface area contributed by atoms with Gasteiger partial charge < -0.3 is 10.4 Å². The third-order valence-corrected chi connectivity index (χ3v) is 3.00. The van der Waals surface area contributed by atoms with Crippen molar-refractivity contribution < 1.29 is 14.7 Å². The summed E-state index contributed by atoms with van der Waals surface area (Å²) in [7, 11) is 0. The van der Waals surface area contributed by atoms with E-state index >= 15 is 0 Å². The molecule has 1 heterocycles. The highest BCUT2D eigenvalue weighted by Crippen LogP contribution is 2.23. The highest BCUT2D eigenvalue weighted by Gasteiger charge is 2.15. The largest absolute Gasteiger partial charge is 0.478 e. The van der Waals surface area contributed by atoms with E-state index in [0.29, 0.717) is 17.9 Å². The number of aromatic nitrogens is 3. The van der Waals surface area contributed by atoms with Crippen molar-refractivity contribution in [1.82, 2.24) is 15.2 Å². The second-order valence-electron chi connectivity index (χ2n) is 4.31. The molecule has 2 rings (SSSR count). The van der Waals surface area contributed by atoms with Crippen LogP contribution in [0.1, 0.15) is 40.1 Å². The fourth-order valence-corrected chi connectivity index (χ4v) is 1.90. The number of anilines is 1. The van der Waals surface area contributed by atoms with E-state index in [0.717, 1.165) is 6.42 Å². The van der Waals surface area contributed by atoms with Crippen LogP contribution >= 0.6 is 11.6 Å². The number of carbonyl (C=O) groups is 2. The van der Waals surface area contributed by atoms with Gasteiger partial charge in [-0.1, -0.05) is 18.5 Å². The molecule has 1 aromatic heterocycles. The summed E-state index contributed by atoms with van der Waals surface area (Å²) in [5, 5.41) is 18.0. The number of hydrogen-bond donors (Lipinski definition) is 3. The van der Waals surface area contributed by atoms with Gasteiger partial charge in [-0.3, -0.25) is 9.89 Å². The molecule has 0 saturated heterocycles. The fraction of sp³-hybridized carbons (Fsp3) is 0.231. The summed E-state index contributed by atoms with van der Waals surface area (Å²) < 4.78 is 0. The Morgan fingerprint density at radius 2 is 2.19 bits per heavy atom. The number of aromatic amines is 1. The van der Waals surface area contributed by atoms with E-state index in [4.69, 9.17) is 16.7 Å². The van der Waals surface area contributed by atoms with Crippen LogP contribution in [0.3, 0.4) is 0 Å². The number of hydrogen-bond acceptors (Lipinski definition) is 4. The first-order valence-corrected chi connectivity index (χ1v) is 6.64. The first-order valence-electron chi connectivity index (χ1n) is 6.26. The number of H-pyrrole nitrogens is 1. The zero-order valence-electron chi connectivity index (χ0n) is 11.2. The predicted octanol–water partition coefficient (Wildman–Crippen LogP) is 2.36. The zero-order valence-corrected chi connectivity index (χ0v) is 11.9. The SMILES string of the molecule is CCCc1nc(C(=O)Nc2ccc(C(=O)O)cc2Cl)n[nH]1. The summed E-state index contributed by atoms with van der Waals surface area (Å²) in [5.74, 6) is -0.960. The van der Waals surface area contributed by atoms with E-state index in [-0.39, 0.29) is 16.4 Å². The molecule has 110 valence electrons. The van der Waals surface area contributed by atoms with Gasteiger partial charge >= 0.3 is 5.97 Å². The van der Waals surface area contributed by atoms with Crippen LogP contribution < -0.4 is 5.32 Å². The van der Waals surface area contributed by atoms with E-state index in [1.807, 2.05) is 6.92 Å². The van der Waals surface area contributed by atoms with Gasteiger partial charge in [-0.2, -0.15) is 0 Å². The molecule has 7 nitrogen and oxygen atoms in total. The molecule has 0 aliphatic rings. The number of carboxylic acids is 1. The van der Waals surface area contributed by atoms with Gasteiger partial charge in [0.2, 0.25) is 5.82 Å². The Hall–Kier alpha value is -2.41. The van der Waals surface area contributed by atoms with Gasteiger partial charge in [0.1, 0.15) is 5.82 Å².